The molecule has 0 radical (unpaired) electrons. The second kappa shape index (κ2) is 7.17. The molecule has 0 bridgehead atoms. The largest absolute Gasteiger partial charge is 0.273 e. The molecule has 23 heavy (non-hydrogen) atoms. The van der Waals surface area contributed by atoms with Crippen LogP contribution in [0, 0.1) is 11.3 Å². The summed E-state index contributed by atoms with van der Waals surface area (Å²) >= 11 is 0. The number of rotatable bonds is 5. The Balaban J connectivity index is 2.17. The fraction of sp³-hybridized carbons (Fsp3) is 0.267. The molecule has 1 aromatic heterocycles. The smallest absolute Gasteiger partial charge is 0.272 e. The molecule has 118 valence electrons. The van der Waals surface area contributed by atoms with Crippen molar-refractivity contribution >= 4 is 22.9 Å². The van der Waals surface area contributed by atoms with Crippen LogP contribution in [0.5, 0.6) is 0 Å². The van der Waals surface area contributed by atoms with E-state index in [9.17, 15) is 14.4 Å². The Kier molecular flexibility index (Phi) is 5.04. The van der Waals surface area contributed by atoms with Crippen molar-refractivity contribution < 1.29 is 4.79 Å². The average molecular weight is 313 g/mol. The fourth-order valence-corrected chi connectivity index (χ4v) is 2.07. The van der Waals surface area contributed by atoms with Gasteiger partial charge < -0.3 is 0 Å². The molecule has 0 spiro atoms. The summed E-state index contributed by atoms with van der Waals surface area (Å²) in [5.41, 5.74) is 1.56. The van der Waals surface area contributed by atoms with Crippen molar-refractivity contribution in [3.05, 3.63) is 45.0 Å². The number of carbonyl (C=O) groups is 1. The van der Waals surface area contributed by atoms with E-state index in [0.717, 1.165) is 0 Å². The molecule has 1 aromatic carbocycles. The van der Waals surface area contributed by atoms with Crippen LogP contribution in [0.15, 0.2) is 39.0 Å². The lowest BCUT2D eigenvalue weighted by molar-refractivity contribution is -0.120. The topological polar surface area (TPSA) is 120 Å². The number of hydrazone groups is 1. The molecule has 1 atom stereocenters. The van der Waals surface area contributed by atoms with Crippen molar-refractivity contribution in [2.75, 3.05) is 0 Å². The molecule has 2 rings (SSSR count). The summed E-state index contributed by atoms with van der Waals surface area (Å²) in [4.78, 5) is 35.5. The van der Waals surface area contributed by atoms with Gasteiger partial charge in [0.05, 0.1) is 22.9 Å². The van der Waals surface area contributed by atoms with E-state index in [-0.39, 0.29) is 23.6 Å². The quantitative estimate of drug-likeness (QED) is 0.622. The Morgan fingerprint density at radius 3 is 2.83 bits per heavy atom. The lowest BCUT2D eigenvalue weighted by Crippen LogP contribution is -2.32. The van der Waals surface area contributed by atoms with Crippen LogP contribution in [-0.2, 0) is 4.79 Å². The molecule has 1 amide bonds. The van der Waals surface area contributed by atoms with Crippen LogP contribution in [-0.4, -0.2) is 21.9 Å². The normalized spacial score (nSPS) is 12.2. The summed E-state index contributed by atoms with van der Waals surface area (Å²) in [7, 11) is 0. The predicted molar refractivity (Wildman–Crippen MR) is 85.0 cm³/mol. The van der Waals surface area contributed by atoms with E-state index in [1.807, 2.05) is 0 Å². The zero-order valence-electron chi connectivity index (χ0n) is 12.4. The lowest BCUT2D eigenvalue weighted by atomic mass is 10.2. The van der Waals surface area contributed by atoms with Crippen molar-refractivity contribution in [3.8, 4) is 6.07 Å². The highest BCUT2D eigenvalue weighted by molar-refractivity contribution is 5.80. The van der Waals surface area contributed by atoms with Crippen LogP contribution in [0.3, 0.4) is 0 Å². The highest BCUT2D eigenvalue weighted by Crippen LogP contribution is 2.07. The molecule has 0 saturated carbocycles. The van der Waals surface area contributed by atoms with Gasteiger partial charge in [0.15, 0.2) is 0 Å². The molecule has 0 aliphatic heterocycles. The van der Waals surface area contributed by atoms with Gasteiger partial charge in [-0.15, -0.1) is 0 Å². The minimum atomic E-state index is -0.507. The summed E-state index contributed by atoms with van der Waals surface area (Å²) in [6.45, 7) is 1.75. The Morgan fingerprint density at radius 1 is 1.43 bits per heavy atom. The molecule has 8 heteroatoms. The van der Waals surface area contributed by atoms with E-state index in [2.05, 4.69) is 15.6 Å². The third kappa shape index (κ3) is 3.71. The Bertz CT molecular complexity index is 904. The fourth-order valence-electron chi connectivity index (χ4n) is 2.07. The molecule has 8 nitrogen and oxygen atoms in total. The first-order valence-electron chi connectivity index (χ1n) is 6.95. The first-order chi connectivity index (χ1) is 11.0. The van der Waals surface area contributed by atoms with Gasteiger partial charge in [0, 0.05) is 12.6 Å². The van der Waals surface area contributed by atoms with Crippen molar-refractivity contribution in [3.63, 3.8) is 0 Å². The minimum absolute atomic E-state index is 0.273. The Labute approximate surface area is 131 Å². The van der Waals surface area contributed by atoms with Gasteiger partial charge in [0.1, 0.15) is 6.42 Å². The monoisotopic (exact) mass is 313 g/mol. The predicted octanol–water partition coefficient (Wildman–Crippen LogP) is 0.657. The third-order valence-electron chi connectivity index (χ3n) is 3.25. The van der Waals surface area contributed by atoms with Crippen LogP contribution in [0.25, 0.3) is 10.8 Å². The number of nitrogens with zero attached hydrogens (tertiary/aromatic N) is 3. The molecule has 2 aromatic rings. The Hall–Kier alpha value is -3.21. The molecule has 0 aliphatic carbocycles. The van der Waals surface area contributed by atoms with Gasteiger partial charge >= 0.3 is 0 Å². The number of hydrogen-bond donors (Lipinski definition) is 2. The van der Waals surface area contributed by atoms with E-state index < -0.39 is 5.91 Å². The first kappa shape index (κ1) is 16.2. The summed E-state index contributed by atoms with van der Waals surface area (Å²) in [5.74, 6) is -0.507. The SMILES string of the molecule is CC(C/C=N/NC(=O)CC#N)n1[nH]c(=O)c2ccccc2c1=O. The zero-order chi connectivity index (χ0) is 16.8. The maximum absolute atomic E-state index is 12.4. The maximum atomic E-state index is 12.4. The first-order valence-corrected chi connectivity index (χ1v) is 6.95. The molecule has 0 saturated heterocycles. The second-order valence-corrected chi connectivity index (χ2v) is 4.93. The minimum Gasteiger partial charge on any atom is -0.272 e. The van der Waals surface area contributed by atoms with Gasteiger partial charge in [-0.05, 0) is 19.1 Å². The van der Waals surface area contributed by atoms with Gasteiger partial charge in [-0.1, -0.05) is 12.1 Å². The van der Waals surface area contributed by atoms with Gasteiger partial charge in [0.25, 0.3) is 17.0 Å². The number of carbonyl (C=O) groups excluding carboxylic acids is 1. The standard InChI is InChI=1S/C15H15N5O3/c1-10(7-9-17-18-13(21)6-8-16)20-15(23)12-5-3-2-4-11(12)14(22)19-20/h2-5,9-10H,6-7H2,1H3,(H,18,21)(H,19,22)/b17-9+. The number of benzene rings is 1. The number of H-pyrrole nitrogens is 1. The van der Waals surface area contributed by atoms with Gasteiger partial charge in [-0.2, -0.15) is 10.4 Å². The van der Waals surface area contributed by atoms with E-state index >= 15 is 0 Å². The van der Waals surface area contributed by atoms with E-state index in [4.69, 9.17) is 5.26 Å². The summed E-state index contributed by atoms with van der Waals surface area (Å²) < 4.78 is 1.24. The van der Waals surface area contributed by atoms with E-state index in [1.165, 1.54) is 10.9 Å². The molecule has 0 fully saturated rings. The molecular formula is C15H15N5O3. The zero-order valence-corrected chi connectivity index (χ0v) is 12.4. The summed E-state index contributed by atoms with van der Waals surface area (Å²) in [6, 6.07) is 7.94. The van der Waals surface area contributed by atoms with E-state index in [0.29, 0.717) is 17.2 Å². The second-order valence-electron chi connectivity index (χ2n) is 4.93. The number of aromatic nitrogens is 2. The molecule has 2 N–H and O–H groups in total. The number of aromatic amines is 1. The van der Waals surface area contributed by atoms with Crippen LogP contribution in [0.2, 0.25) is 0 Å². The number of nitrogens with one attached hydrogen (secondary N) is 2. The van der Waals surface area contributed by atoms with Crippen molar-refractivity contribution in [1.82, 2.24) is 15.2 Å². The highest BCUT2D eigenvalue weighted by atomic mass is 16.2. The van der Waals surface area contributed by atoms with Crippen LogP contribution >= 0.6 is 0 Å². The summed E-state index contributed by atoms with van der Waals surface area (Å²) in [6.07, 6.45) is 1.46. The van der Waals surface area contributed by atoms with Gasteiger partial charge in [-0.3, -0.25) is 19.5 Å². The molecular weight excluding hydrogens is 298 g/mol. The van der Waals surface area contributed by atoms with Gasteiger partial charge in [-0.25, -0.2) is 10.1 Å². The molecule has 1 heterocycles. The van der Waals surface area contributed by atoms with Gasteiger partial charge in [0.2, 0.25) is 0 Å². The highest BCUT2D eigenvalue weighted by Gasteiger charge is 2.11. The third-order valence-corrected chi connectivity index (χ3v) is 3.25. The van der Waals surface area contributed by atoms with Crippen molar-refractivity contribution in [1.29, 1.82) is 5.26 Å². The number of amides is 1. The Morgan fingerprint density at radius 2 is 2.13 bits per heavy atom. The van der Waals surface area contributed by atoms with Crippen LogP contribution in [0.4, 0.5) is 0 Å². The van der Waals surface area contributed by atoms with Crippen LogP contribution < -0.4 is 16.5 Å². The number of fused-ring (bicyclic) bond motifs is 1. The number of hydrogen-bond acceptors (Lipinski definition) is 5. The van der Waals surface area contributed by atoms with E-state index in [1.54, 1.807) is 37.3 Å². The molecule has 1 unspecified atom stereocenters. The van der Waals surface area contributed by atoms with Crippen LogP contribution in [0.1, 0.15) is 25.8 Å². The summed E-state index contributed by atoms with van der Waals surface area (Å²) in [5, 5.41) is 15.3. The average Bonchev–Trinajstić information content (AvgIpc) is 2.55. The number of nitriles is 1. The van der Waals surface area contributed by atoms with Crippen molar-refractivity contribution in [2.45, 2.75) is 25.8 Å². The van der Waals surface area contributed by atoms with Crippen molar-refractivity contribution in [2.24, 2.45) is 5.10 Å². The maximum Gasteiger partial charge on any atom is 0.273 e. The lowest BCUT2D eigenvalue weighted by Gasteiger charge is -2.13. The molecule has 0 aliphatic rings.